The summed E-state index contributed by atoms with van der Waals surface area (Å²) in [7, 11) is 2.08. The van der Waals surface area contributed by atoms with Crippen LogP contribution < -0.4 is 9.47 Å². The summed E-state index contributed by atoms with van der Waals surface area (Å²) < 4.78 is 18.6. The van der Waals surface area contributed by atoms with Crippen molar-refractivity contribution in [3.05, 3.63) is 58.1 Å². The van der Waals surface area contributed by atoms with Crippen molar-refractivity contribution < 1.29 is 48.0 Å². The van der Waals surface area contributed by atoms with Gasteiger partial charge >= 0.3 is 18.3 Å². The molecule has 3 rings (SSSR count). The Labute approximate surface area is 162 Å². The molecule has 0 fully saturated rings. The van der Waals surface area contributed by atoms with Crippen LogP contribution in [-0.4, -0.2) is 49.2 Å². The van der Waals surface area contributed by atoms with Gasteiger partial charge in [-0.25, -0.2) is 14.4 Å². The summed E-state index contributed by atoms with van der Waals surface area (Å²) in [6.45, 7) is 0. The van der Waals surface area contributed by atoms with Crippen molar-refractivity contribution in [3.63, 3.8) is 0 Å². The molecule has 1 N–H and O–H groups in total. The highest BCUT2D eigenvalue weighted by Crippen LogP contribution is 2.38. The van der Waals surface area contributed by atoms with Crippen LogP contribution in [0.1, 0.15) is 42.2 Å². The van der Waals surface area contributed by atoms with Gasteiger partial charge in [0.05, 0.1) is 30.9 Å². The van der Waals surface area contributed by atoms with E-state index in [9.17, 15) is 29.1 Å². The maximum atomic E-state index is 13.2. The number of carbonyl (C=O) groups is 5. The number of ketones is 2. The Kier molecular flexibility index (Phi) is 5.01. The molecule has 0 radical (unpaired) electrons. The molecule has 0 aromatic heterocycles. The Morgan fingerprint density at radius 3 is 1.97 bits per heavy atom. The highest BCUT2D eigenvalue weighted by Gasteiger charge is 2.37. The monoisotopic (exact) mass is 400 g/mol. The summed E-state index contributed by atoms with van der Waals surface area (Å²) >= 11 is 0. The normalized spacial score (nSPS) is 11.8. The lowest BCUT2D eigenvalue weighted by molar-refractivity contribution is 0.0694. The van der Waals surface area contributed by atoms with E-state index in [0.29, 0.717) is 0 Å². The Morgan fingerprint density at radius 1 is 0.793 bits per heavy atom. The van der Waals surface area contributed by atoms with Crippen molar-refractivity contribution in [2.75, 3.05) is 14.2 Å². The van der Waals surface area contributed by atoms with Crippen LogP contribution in [0.3, 0.4) is 0 Å². The fourth-order valence-corrected chi connectivity index (χ4v) is 2.81. The lowest BCUT2D eigenvalue weighted by Crippen LogP contribution is -2.25. The molecule has 0 saturated carbocycles. The molecule has 0 atom stereocenters. The third-order valence-electron chi connectivity index (χ3n) is 4.04. The number of carboxylic acids is 1. The number of fused-ring (bicyclic) bond motifs is 2. The third kappa shape index (κ3) is 3.38. The zero-order valence-electron chi connectivity index (χ0n) is 15.0. The van der Waals surface area contributed by atoms with Gasteiger partial charge < -0.3 is 24.1 Å². The molecule has 2 aromatic carbocycles. The number of benzene rings is 2. The lowest BCUT2D eigenvalue weighted by atomic mass is 9.82. The van der Waals surface area contributed by atoms with E-state index in [1.165, 1.54) is 18.2 Å². The molecule has 148 valence electrons. The first-order valence-corrected chi connectivity index (χ1v) is 7.93. The number of carboxylic acid groups (broad SMARTS) is 1. The number of ether oxygens (including phenoxy) is 4. The summed E-state index contributed by atoms with van der Waals surface area (Å²) in [5, 5.41) is 9.28. The molecule has 1 aliphatic carbocycles. The van der Waals surface area contributed by atoms with E-state index in [1.54, 1.807) is 0 Å². The van der Waals surface area contributed by atoms with Crippen molar-refractivity contribution in [1.82, 2.24) is 0 Å². The molecule has 0 heterocycles. The molecule has 0 saturated heterocycles. The van der Waals surface area contributed by atoms with Crippen LogP contribution in [0, 0.1) is 0 Å². The van der Waals surface area contributed by atoms with E-state index in [2.05, 4.69) is 9.47 Å². The van der Waals surface area contributed by atoms with Crippen LogP contribution in [0.5, 0.6) is 11.5 Å². The number of hydrogen-bond acceptors (Lipinski definition) is 9. The van der Waals surface area contributed by atoms with Crippen molar-refractivity contribution in [2.45, 2.75) is 0 Å². The van der Waals surface area contributed by atoms with E-state index in [1.807, 2.05) is 0 Å². The first kappa shape index (κ1) is 19.5. The van der Waals surface area contributed by atoms with E-state index >= 15 is 0 Å². The number of carbonyl (C=O) groups excluding carboxylic acids is 4. The first-order valence-electron chi connectivity index (χ1n) is 7.93. The molecule has 10 nitrogen and oxygen atoms in total. The van der Waals surface area contributed by atoms with Gasteiger partial charge in [-0.2, -0.15) is 0 Å². The lowest BCUT2D eigenvalue weighted by Gasteiger charge is -2.21. The number of rotatable bonds is 3. The van der Waals surface area contributed by atoms with Crippen molar-refractivity contribution in [3.8, 4) is 11.5 Å². The Morgan fingerprint density at radius 2 is 1.38 bits per heavy atom. The Hall–Kier alpha value is -4.21. The minimum atomic E-state index is -1.41. The predicted molar refractivity (Wildman–Crippen MR) is 92.8 cm³/mol. The molecule has 0 bridgehead atoms. The van der Waals surface area contributed by atoms with Crippen molar-refractivity contribution >= 4 is 29.8 Å². The van der Waals surface area contributed by atoms with Crippen molar-refractivity contribution in [2.24, 2.45) is 0 Å². The fraction of sp³-hybridized carbons (Fsp3) is 0.105. The van der Waals surface area contributed by atoms with Gasteiger partial charge in [0, 0.05) is 11.1 Å². The molecule has 2 aromatic rings. The average Bonchev–Trinajstić information content (AvgIpc) is 2.70. The van der Waals surface area contributed by atoms with Gasteiger partial charge in [0.25, 0.3) is 0 Å². The molecule has 0 spiro atoms. The van der Waals surface area contributed by atoms with E-state index in [-0.39, 0.29) is 33.6 Å². The highest BCUT2D eigenvalue weighted by atomic mass is 16.7. The first-order chi connectivity index (χ1) is 13.8. The molecule has 29 heavy (non-hydrogen) atoms. The number of methoxy groups -OCH3 is 2. The molecule has 10 heteroatoms. The quantitative estimate of drug-likeness (QED) is 0.514. The van der Waals surface area contributed by atoms with Crippen LogP contribution >= 0.6 is 0 Å². The molecule has 0 unspecified atom stereocenters. The average molecular weight is 400 g/mol. The van der Waals surface area contributed by atoms with Crippen molar-refractivity contribution in [1.29, 1.82) is 0 Å². The minimum absolute atomic E-state index is 0.115. The van der Waals surface area contributed by atoms with Crippen LogP contribution in [0.4, 0.5) is 9.59 Å². The largest absolute Gasteiger partial charge is 0.513 e. The maximum absolute atomic E-state index is 13.2. The van der Waals surface area contributed by atoms with Gasteiger partial charge in [0.1, 0.15) is 11.5 Å². The third-order valence-corrected chi connectivity index (χ3v) is 4.04. The number of aromatic carboxylic acids is 1. The Balaban J connectivity index is 2.25. The topological polar surface area (TPSA) is 143 Å². The molecule has 1 aliphatic rings. The number of hydrogen-bond donors (Lipinski definition) is 1. The summed E-state index contributed by atoms with van der Waals surface area (Å²) in [6.07, 6.45) is -2.34. The predicted octanol–water partition coefficient (Wildman–Crippen LogP) is 2.45. The zero-order valence-corrected chi connectivity index (χ0v) is 15.0. The molecule has 0 aliphatic heterocycles. The second kappa shape index (κ2) is 7.43. The summed E-state index contributed by atoms with van der Waals surface area (Å²) in [4.78, 5) is 60.5. The van der Waals surface area contributed by atoms with E-state index < -0.39 is 35.6 Å². The smallest absolute Gasteiger partial charge is 0.478 e. The Bertz CT molecular complexity index is 1080. The van der Waals surface area contributed by atoms with Crippen LogP contribution in [-0.2, 0) is 9.47 Å². The SMILES string of the molecule is COC(=O)Oc1cccc2c1C(=O)c1c(OC(=O)OC)cc(C(=O)O)cc1C2=O. The minimum Gasteiger partial charge on any atom is -0.478 e. The van der Waals surface area contributed by atoms with Crippen LogP contribution in [0.2, 0.25) is 0 Å². The molecule has 0 amide bonds. The highest BCUT2D eigenvalue weighted by molar-refractivity contribution is 6.30. The van der Waals surface area contributed by atoms with Gasteiger partial charge in [-0.3, -0.25) is 9.59 Å². The molecular formula is C19H12O10. The van der Waals surface area contributed by atoms with Gasteiger partial charge in [0.2, 0.25) is 5.78 Å². The van der Waals surface area contributed by atoms with Gasteiger partial charge in [-0.05, 0) is 18.2 Å². The summed E-state index contributed by atoms with van der Waals surface area (Å²) in [5.41, 5.74) is -1.40. The van der Waals surface area contributed by atoms with Crippen LogP contribution in [0.25, 0.3) is 0 Å². The fourth-order valence-electron chi connectivity index (χ4n) is 2.81. The summed E-state index contributed by atoms with van der Waals surface area (Å²) in [6, 6.07) is 5.88. The van der Waals surface area contributed by atoms with Gasteiger partial charge in [-0.15, -0.1) is 0 Å². The maximum Gasteiger partial charge on any atom is 0.513 e. The standard InChI is InChI=1S/C19H12O10/c1-26-18(24)28-11-5-3-4-9-13(11)16(21)14-10(15(9)20)6-8(17(22)23)7-12(14)29-19(25)27-2/h3-7H,1-2H3,(H,22,23). The van der Waals surface area contributed by atoms with E-state index in [0.717, 1.165) is 26.4 Å². The van der Waals surface area contributed by atoms with Crippen LogP contribution in [0.15, 0.2) is 30.3 Å². The van der Waals surface area contributed by atoms with Gasteiger partial charge in [0.15, 0.2) is 5.78 Å². The van der Waals surface area contributed by atoms with Gasteiger partial charge in [-0.1, -0.05) is 12.1 Å². The zero-order chi connectivity index (χ0) is 21.3. The molecular weight excluding hydrogens is 388 g/mol. The second-order valence-electron chi connectivity index (χ2n) is 5.65. The summed E-state index contributed by atoms with van der Waals surface area (Å²) in [5.74, 6) is -3.67. The van der Waals surface area contributed by atoms with E-state index in [4.69, 9.17) is 9.47 Å². The second-order valence-corrected chi connectivity index (χ2v) is 5.65.